The lowest BCUT2D eigenvalue weighted by atomic mass is 10.2. The maximum atomic E-state index is 12.1. The third kappa shape index (κ3) is 11.1. The van der Waals surface area contributed by atoms with Crippen LogP contribution in [-0.4, -0.2) is 63.3 Å². The highest BCUT2D eigenvalue weighted by atomic mass is 16.6. The Balaban J connectivity index is 4.39. The van der Waals surface area contributed by atoms with Gasteiger partial charge in [-0.15, -0.1) is 0 Å². The SMILES string of the molecule is CCCCOC[C@@H](NC(C)=O)C(=O)NC[C@@H](COC=O)OC=O. The number of hydrogen-bond donors (Lipinski definition) is 2. The van der Waals surface area contributed by atoms with Gasteiger partial charge in [0.2, 0.25) is 11.8 Å². The van der Waals surface area contributed by atoms with Crippen molar-refractivity contribution in [2.45, 2.75) is 38.8 Å². The molecule has 0 fully saturated rings. The lowest BCUT2D eigenvalue weighted by molar-refractivity contribution is -0.143. The number of unbranched alkanes of at least 4 members (excludes halogenated alkanes) is 1. The second kappa shape index (κ2) is 13.5. The maximum Gasteiger partial charge on any atom is 0.293 e. The van der Waals surface area contributed by atoms with Crippen LogP contribution in [0.1, 0.15) is 26.7 Å². The van der Waals surface area contributed by atoms with Crippen molar-refractivity contribution >= 4 is 24.8 Å². The van der Waals surface area contributed by atoms with Gasteiger partial charge in [-0.3, -0.25) is 19.2 Å². The number of rotatable bonds is 14. The molecule has 2 N–H and O–H groups in total. The van der Waals surface area contributed by atoms with Crippen LogP contribution in [0.25, 0.3) is 0 Å². The molecule has 0 aromatic carbocycles. The molecule has 23 heavy (non-hydrogen) atoms. The molecule has 0 heterocycles. The fourth-order valence-electron chi connectivity index (χ4n) is 1.58. The molecular formula is C14H24N2O7. The third-order valence-corrected chi connectivity index (χ3v) is 2.72. The normalized spacial score (nSPS) is 12.6. The molecule has 0 aliphatic rings. The zero-order valence-corrected chi connectivity index (χ0v) is 13.4. The summed E-state index contributed by atoms with van der Waals surface area (Å²) in [5.41, 5.74) is 0. The van der Waals surface area contributed by atoms with E-state index in [1.54, 1.807) is 0 Å². The first-order valence-corrected chi connectivity index (χ1v) is 7.32. The first kappa shape index (κ1) is 20.8. The Kier molecular flexibility index (Phi) is 12.2. The van der Waals surface area contributed by atoms with Crippen LogP contribution in [0, 0.1) is 0 Å². The summed E-state index contributed by atoms with van der Waals surface area (Å²) < 4.78 is 14.5. The third-order valence-electron chi connectivity index (χ3n) is 2.72. The van der Waals surface area contributed by atoms with E-state index in [9.17, 15) is 19.2 Å². The molecule has 0 unspecified atom stereocenters. The summed E-state index contributed by atoms with van der Waals surface area (Å²) in [5, 5.41) is 4.99. The van der Waals surface area contributed by atoms with Crippen LogP contribution >= 0.6 is 0 Å². The molecule has 0 aromatic heterocycles. The van der Waals surface area contributed by atoms with Gasteiger partial charge < -0.3 is 24.8 Å². The van der Waals surface area contributed by atoms with Gasteiger partial charge in [0.25, 0.3) is 12.9 Å². The maximum absolute atomic E-state index is 12.1. The summed E-state index contributed by atoms with van der Waals surface area (Å²) >= 11 is 0. The summed E-state index contributed by atoms with van der Waals surface area (Å²) in [5.74, 6) is -0.850. The minimum absolute atomic E-state index is 0.0372. The topological polar surface area (TPSA) is 120 Å². The largest absolute Gasteiger partial charge is 0.464 e. The Morgan fingerprint density at radius 3 is 2.48 bits per heavy atom. The van der Waals surface area contributed by atoms with E-state index in [-0.39, 0.29) is 38.6 Å². The van der Waals surface area contributed by atoms with E-state index >= 15 is 0 Å². The average molecular weight is 332 g/mol. The Hall–Kier alpha value is -2.16. The zero-order chi connectivity index (χ0) is 17.5. The van der Waals surface area contributed by atoms with Crippen LogP contribution in [0.2, 0.25) is 0 Å². The highest BCUT2D eigenvalue weighted by Crippen LogP contribution is 1.94. The van der Waals surface area contributed by atoms with Crippen LogP contribution in [0.3, 0.4) is 0 Å². The molecule has 9 heteroatoms. The molecule has 0 aromatic rings. The molecule has 0 bridgehead atoms. The van der Waals surface area contributed by atoms with Crippen molar-refractivity contribution in [1.29, 1.82) is 0 Å². The standard InChI is InChI=1S/C14H24N2O7/c1-3-4-5-21-8-13(16-11(2)19)14(20)15-6-12(23-10-18)7-22-9-17/h9-10,12-13H,3-8H2,1-2H3,(H,15,20)(H,16,19)/t12-,13+/m0/s1. The van der Waals surface area contributed by atoms with E-state index in [4.69, 9.17) is 4.74 Å². The van der Waals surface area contributed by atoms with E-state index in [2.05, 4.69) is 20.1 Å². The highest BCUT2D eigenvalue weighted by Gasteiger charge is 2.21. The summed E-state index contributed by atoms with van der Waals surface area (Å²) in [6, 6.07) is -0.853. The molecule has 132 valence electrons. The Morgan fingerprint density at radius 2 is 1.91 bits per heavy atom. The monoisotopic (exact) mass is 332 g/mol. The van der Waals surface area contributed by atoms with Crippen LogP contribution < -0.4 is 10.6 Å². The smallest absolute Gasteiger partial charge is 0.293 e. The fourth-order valence-corrected chi connectivity index (χ4v) is 1.58. The lowest BCUT2D eigenvalue weighted by Gasteiger charge is -2.20. The number of amides is 2. The minimum Gasteiger partial charge on any atom is -0.464 e. The Morgan fingerprint density at radius 1 is 1.17 bits per heavy atom. The minimum atomic E-state index is -0.853. The quantitative estimate of drug-likeness (QED) is 0.314. The summed E-state index contributed by atoms with van der Waals surface area (Å²) in [7, 11) is 0. The van der Waals surface area contributed by atoms with Gasteiger partial charge in [0.1, 0.15) is 12.6 Å². The molecule has 0 radical (unpaired) electrons. The number of ether oxygens (including phenoxy) is 3. The zero-order valence-electron chi connectivity index (χ0n) is 13.4. The van der Waals surface area contributed by atoms with Crippen LogP contribution in [0.5, 0.6) is 0 Å². The van der Waals surface area contributed by atoms with Crippen molar-refractivity contribution < 1.29 is 33.4 Å². The molecule has 0 rings (SSSR count). The number of carbonyl (C=O) groups excluding carboxylic acids is 4. The summed E-state index contributed by atoms with van der Waals surface area (Å²) in [4.78, 5) is 43.7. The molecule has 0 spiro atoms. The molecule has 2 amide bonds. The summed E-state index contributed by atoms with van der Waals surface area (Å²) in [6.45, 7) is 4.00. The highest BCUT2D eigenvalue weighted by molar-refractivity contribution is 5.86. The second-order valence-corrected chi connectivity index (χ2v) is 4.71. The van der Waals surface area contributed by atoms with Gasteiger partial charge in [-0.25, -0.2) is 0 Å². The van der Waals surface area contributed by atoms with Gasteiger partial charge >= 0.3 is 0 Å². The molecule has 9 nitrogen and oxygen atoms in total. The predicted molar refractivity (Wildman–Crippen MR) is 79.3 cm³/mol. The van der Waals surface area contributed by atoms with Crippen molar-refractivity contribution in [2.24, 2.45) is 0 Å². The van der Waals surface area contributed by atoms with Crippen molar-refractivity contribution in [3.8, 4) is 0 Å². The first-order chi connectivity index (χ1) is 11.0. The van der Waals surface area contributed by atoms with Gasteiger partial charge in [0.05, 0.1) is 13.2 Å². The lowest BCUT2D eigenvalue weighted by Crippen LogP contribution is -2.50. The first-order valence-electron chi connectivity index (χ1n) is 7.32. The molecule has 0 aliphatic heterocycles. The van der Waals surface area contributed by atoms with Crippen molar-refractivity contribution in [3.63, 3.8) is 0 Å². The molecule has 2 atom stereocenters. The molecule has 0 aliphatic carbocycles. The van der Waals surface area contributed by atoms with Crippen LogP contribution in [-0.2, 0) is 33.4 Å². The van der Waals surface area contributed by atoms with Gasteiger partial charge in [0, 0.05) is 13.5 Å². The van der Waals surface area contributed by atoms with Crippen molar-refractivity contribution in [1.82, 2.24) is 10.6 Å². The van der Waals surface area contributed by atoms with Crippen molar-refractivity contribution in [3.05, 3.63) is 0 Å². The molecule has 0 saturated heterocycles. The van der Waals surface area contributed by atoms with Crippen LogP contribution in [0.15, 0.2) is 0 Å². The van der Waals surface area contributed by atoms with E-state index < -0.39 is 18.1 Å². The second-order valence-electron chi connectivity index (χ2n) is 4.71. The number of hydrogen-bond acceptors (Lipinski definition) is 7. The average Bonchev–Trinajstić information content (AvgIpc) is 2.52. The van der Waals surface area contributed by atoms with E-state index in [1.807, 2.05) is 6.92 Å². The van der Waals surface area contributed by atoms with Crippen molar-refractivity contribution in [2.75, 3.05) is 26.4 Å². The van der Waals surface area contributed by atoms with Gasteiger partial charge in [0.15, 0.2) is 6.10 Å². The molecular weight excluding hydrogens is 308 g/mol. The summed E-state index contributed by atoms with van der Waals surface area (Å²) in [6.07, 6.45) is 1.01. The Labute approximate surface area is 135 Å². The van der Waals surface area contributed by atoms with Gasteiger partial charge in [-0.1, -0.05) is 13.3 Å². The number of nitrogens with one attached hydrogen (secondary N) is 2. The van der Waals surface area contributed by atoms with E-state index in [1.165, 1.54) is 6.92 Å². The fraction of sp³-hybridized carbons (Fsp3) is 0.714. The molecule has 0 saturated carbocycles. The van der Waals surface area contributed by atoms with Gasteiger partial charge in [-0.05, 0) is 6.42 Å². The van der Waals surface area contributed by atoms with E-state index in [0.717, 1.165) is 12.8 Å². The van der Waals surface area contributed by atoms with Gasteiger partial charge in [-0.2, -0.15) is 0 Å². The van der Waals surface area contributed by atoms with E-state index in [0.29, 0.717) is 6.61 Å². The number of carbonyl (C=O) groups is 4. The Bertz CT molecular complexity index is 376. The predicted octanol–water partition coefficient (Wildman–Crippen LogP) is -0.861. The van der Waals surface area contributed by atoms with Crippen LogP contribution in [0.4, 0.5) is 0 Å².